The van der Waals surface area contributed by atoms with E-state index in [1.54, 1.807) is 0 Å². The van der Waals surface area contributed by atoms with Crippen LogP contribution >= 0.6 is 0 Å². The number of hydrogen-bond donors (Lipinski definition) is 2. The van der Waals surface area contributed by atoms with Crippen LogP contribution in [0.3, 0.4) is 0 Å². The monoisotopic (exact) mass is 326 g/mol. The van der Waals surface area contributed by atoms with Crippen molar-refractivity contribution in [2.45, 2.75) is 24.2 Å². The van der Waals surface area contributed by atoms with Crippen molar-refractivity contribution < 1.29 is 23.1 Å². The molecule has 1 heterocycles. The first-order valence-corrected chi connectivity index (χ1v) is 8.45. The highest BCUT2D eigenvalue weighted by atomic mass is 32.2. The smallest absolute Gasteiger partial charge is 0.305 e. The van der Waals surface area contributed by atoms with Gasteiger partial charge in [0, 0.05) is 25.2 Å². The van der Waals surface area contributed by atoms with E-state index in [4.69, 9.17) is 5.11 Å². The van der Waals surface area contributed by atoms with Crippen LogP contribution < -0.4 is 5.32 Å². The van der Waals surface area contributed by atoms with Crippen LogP contribution in [0, 0.1) is 0 Å². The molecule has 22 heavy (non-hydrogen) atoms. The van der Waals surface area contributed by atoms with E-state index in [-0.39, 0.29) is 17.9 Å². The van der Waals surface area contributed by atoms with Gasteiger partial charge in [0.2, 0.25) is 10.0 Å². The van der Waals surface area contributed by atoms with Crippen LogP contribution in [0.25, 0.3) is 0 Å². The second-order valence-corrected chi connectivity index (χ2v) is 6.97. The Morgan fingerprint density at radius 1 is 1.14 bits per heavy atom. The molecule has 2 N–H and O–H groups in total. The first-order valence-electron chi connectivity index (χ1n) is 7.01. The van der Waals surface area contributed by atoms with Gasteiger partial charge in [0.25, 0.3) is 5.91 Å². The molecule has 7 nitrogen and oxygen atoms in total. The van der Waals surface area contributed by atoms with Gasteiger partial charge < -0.3 is 10.4 Å². The van der Waals surface area contributed by atoms with Crippen molar-refractivity contribution in [1.82, 2.24) is 9.62 Å². The molecular weight excluding hydrogens is 308 g/mol. The minimum atomic E-state index is -3.49. The normalized spacial score (nSPS) is 15.6. The van der Waals surface area contributed by atoms with Gasteiger partial charge in [-0.25, -0.2) is 8.42 Å². The minimum Gasteiger partial charge on any atom is -0.481 e. The molecule has 1 aromatic carbocycles. The molecule has 2 rings (SSSR count). The summed E-state index contributed by atoms with van der Waals surface area (Å²) in [7, 11) is -3.49. The third kappa shape index (κ3) is 3.83. The van der Waals surface area contributed by atoms with Gasteiger partial charge >= 0.3 is 5.97 Å². The van der Waals surface area contributed by atoms with Crippen LogP contribution in [0.1, 0.15) is 29.6 Å². The average molecular weight is 326 g/mol. The summed E-state index contributed by atoms with van der Waals surface area (Å²) in [6, 6.07) is 5.66. The topological polar surface area (TPSA) is 104 Å². The molecule has 1 aromatic rings. The molecule has 0 atom stereocenters. The van der Waals surface area contributed by atoms with Crippen LogP contribution in [-0.2, 0) is 14.8 Å². The molecule has 1 fully saturated rings. The summed E-state index contributed by atoms with van der Waals surface area (Å²) < 4.78 is 26.1. The Morgan fingerprint density at radius 3 is 2.27 bits per heavy atom. The summed E-state index contributed by atoms with van der Waals surface area (Å²) in [4.78, 5) is 22.3. The number of nitrogens with one attached hydrogen (secondary N) is 1. The molecule has 1 aliphatic rings. The number of carbonyl (C=O) groups excluding carboxylic acids is 1. The Morgan fingerprint density at radius 2 is 1.73 bits per heavy atom. The van der Waals surface area contributed by atoms with Crippen molar-refractivity contribution in [3.63, 3.8) is 0 Å². The van der Waals surface area contributed by atoms with Crippen molar-refractivity contribution >= 4 is 21.9 Å². The van der Waals surface area contributed by atoms with Crippen LogP contribution in [-0.4, -0.2) is 49.3 Å². The highest BCUT2D eigenvalue weighted by Gasteiger charge is 2.27. The predicted octanol–water partition coefficient (Wildman–Crippen LogP) is 0.676. The molecule has 0 unspecified atom stereocenters. The summed E-state index contributed by atoms with van der Waals surface area (Å²) in [5.74, 6) is -1.42. The number of carboxylic acids is 1. The molecule has 0 bridgehead atoms. The zero-order chi connectivity index (χ0) is 16.2. The largest absolute Gasteiger partial charge is 0.481 e. The fourth-order valence-electron chi connectivity index (χ4n) is 2.24. The highest BCUT2D eigenvalue weighted by molar-refractivity contribution is 7.89. The number of aliphatic carboxylic acids is 1. The van der Waals surface area contributed by atoms with Crippen molar-refractivity contribution in [2.24, 2.45) is 0 Å². The van der Waals surface area contributed by atoms with E-state index in [0.29, 0.717) is 18.7 Å². The van der Waals surface area contributed by atoms with Gasteiger partial charge in [0.1, 0.15) is 0 Å². The fourth-order valence-corrected chi connectivity index (χ4v) is 3.76. The lowest BCUT2D eigenvalue weighted by atomic mass is 10.2. The van der Waals surface area contributed by atoms with Gasteiger partial charge in [-0.05, 0) is 37.1 Å². The van der Waals surface area contributed by atoms with Crippen molar-refractivity contribution in [3.8, 4) is 0 Å². The number of carbonyl (C=O) groups is 2. The lowest BCUT2D eigenvalue weighted by Crippen LogP contribution is -2.28. The summed E-state index contributed by atoms with van der Waals surface area (Å²) in [5.41, 5.74) is 0.297. The first-order chi connectivity index (χ1) is 10.4. The molecule has 0 aliphatic carbocycles. The molecular formula is C14H18N2O5S. The number of amides is 1. The zero-order valence-corrected chi connectivity index (χ0v) is 12.8. The maximum atomic E-state index is 12.3. The molecule has 120 valence electrons. The van der Waals surface area contributed by atoms with Crippen molar-refractivity contribution in [3.05, 3.63) is 29.8 Å². The maximum Gasteiger partial charge on any atom is 0.305 e. The Balaban J connectivity index is 2.03. The quantitative estimate of drug-likeness (QED) is 0.800. The molecule has 0 aromatic heterocycles. The van der Waals surface area contributed by atoms with Crippen LogP contribution in [0.4, 0.5) is 0 Å². The van der Waals surface area contributed by atoms with Crippen LogP contribution in [0.2, 0.25) is 0 Å². The number of nitrogens with zero attached hydrogens (tertiary/aromatic N) is 1. The van der Waals surface area contributed by atoms with Gasteiger partial charge in [-0.1, -0.05) is 0 Å². The van der Waals surface area contributed by atoms with Gasteiger partial charge in [-0.2, -0.15) is 4.31 Å². The van der Waals surface area contributed by atoms with Crippen LogP contribution in [0.15, 0.2) is 29.2 Å². The molecule has 1 aliphatic heterocycles. The van der Waals surface area contributed by atoms with Gasteiger partial charge in [0.15, 0.2) is 0 Å². The summed E-state index contributed by atoms with van der Waals surface area (Å²) in [5, 5.41) is 11.0. The van der Waals surface area contributed by atoms with Gasteiger partial charge in [0.05, 0.1) is 11.3 Å². The first kappa shape index (κ1) is 16.4. The maximum absolute atomic E-state index is 12.3. The third-order valence-electron chi connectivity index (χ3n) is 3.44. The summed E-state index contributed by atoms with van der Waals surface area (Å²) in [6.45, 7) is 1.08. The van der Waals surface area contributed by atoms with E-state index in [1.807, 2.05) is 0 Å². The highest BCUT2D eigenvalue weighted by Crippen LogP contribution is 2.21. The van der Waals surface area contributed by atoms with E-state index in [9.17, 15) is 18.0 Å². The van der Waals surface area contributed by atoms with Crippen LogP contribution in [0.5, 0.6) is 0 Å². The molecule has 1 amide bonds. The SMILES string of the molecule is O=C(O)CCNC(=O)c1ccc(S(=O)(=O)N2CCCC2)cc1. The molecule has 8 heteroatoms. The summed E-state index contributed by atoms with van der Waals surface area (Å²) in [6.07, 6.45) is 1.57. The number of sulfonamides is 1. The molecule has 0 saturated carbocycles. The number of hydrogen-bond acceptors (Lipinski definition) is 4. The molecule has 1 saturated heterocycles. The average Bonchev–Trinajstić information content (AvgIpc) is 3.02. The van der Waals surface area contributed by atoms with Crippen molar-refractivity contribution in [2.75, 3.05) is 19.6 Å². The minimum absolute atomic E-state index is 0.0298. The van der Waals surface area contributed by atoms with E-state index in [1.165, 1.54) is 28.6 Å². The number of benzene rings is 1. The second kappa shape index (κ2) is 6.89. The van der Waals surface area contributed by atoms with E-state index in [0.717, 1.165) is 12.8 Å². The lowest BCUT2D eigenvalue weighted by molar-refractivity contribution is -0.136. The van der Waals surface area contributed by atoms with E-state index >= 15 is 0 Å². The van der Waals surface area contributed by atoms with Crippen molar-refractivity contribution in [1.29, 1.82) is 0 Å². The Labute approximate surface area is 129 Å². The number of rotatable bonds is 6. The Bertz CT molecular complexity index is 648. The Hall–Kier alpha value is -1.93. The predicted molar refractivity (Wildman–Crippen MR) is 79.0 cm³/mol. The van der Waals surface area contributed by atoms with E-state index in [2.05, 4.69) is 5.32 Å². The van der Waals surface area contributed by atoms with E-state index < -0.39 is 21.9 Å². The number of carboxylic acid groups (broad SMARTS) is 1. The standard InChI is InChI=1S/C14H18N2O5S/c17-13(18)7-8-15-14(19)11-3-5-12(6-4-11)22(20,21)16-9-1-2-10-16/h3-6H,1-2,7-10H2,(H,15,19)(H,17,18). The molecule has 0 radical (unpaired) electrons. The van der Waals surface area contributed by atoms with Gasteiger partial charge in [-0.3, -0.25) is 9.59 Å². The second-order valence-electron chi connectivity index (χ2n) is 5.04. The fraction of sp³-hybridized carbons (Fsp3) is 0.429. The summed E-state index contributed by atoms with van der Waals surface area (Å²) >= 11 is 0. The van der Waals surface area contributed by atoms with Gasteiger partial charge in [-0.15, -0.1) is 0 Å². The Kier molecular flexibility index (Phi) is 5.15. The molecule has 0 spiro atoms. The third-order valence-corrected chi connectivity index (χ3v) is 5.36. The zero-order valence-electron chi connectivity index (χ0n) is 12.0. The lowest BCUT2D eigenvalue weighted by Gasteiger charge is -2.15.